The van der Waals surface area contributed by atoms with Crippen LogP contribution in [0.25, 0.3) is 0 Å². The van der Waals surface area contributed by atoms with Crippen molar-refractivity contribution in [3.8, 4) is 5.75 Å². The molecule has 7 nitrogen and oxygen atoms in total. The third-order valence-electron chi connectivity index (χ3n) is 4.37. The van der Waals surface area contributed by atoms with Gasteiger partial charge in [0.15, 0.2) is 5.84 Å². The van der Waals surface area contributed by atoms with E-state index in [9.17, 15) is 13.2 Å². The van der Waals surface area contributed by atoms with Gasteiger partial charge in [0.2, 0.25) is 5.91 Å². The lowest BCUT2D eigenvalue weighted by molar-refractivity contribution is -0.130. The van der Waals surface area contributed by atoms with E-state index < -0.39 is 10.0 Å². The van der Waals surface area contributed by atoms with Crippen LogP contribution in [0, 0.1) is 0 Å². The summed E-state index contributed by atoms with van der Waals surface area (Å²) in [4.78, 5) is 15.9. The first-order valence-electron chi connectivity index (χ1n) is 8.35. The second kappa shape index (κ2) is 7.40. The van der Waals surface area contributed by atoms with Crippen molar-refractivity contribution in [2.75, 3.05) is 27.7 Å². The minimum atomic E-state index is -3.71. The maximum Gasteiger partial charge on any atom is 0.285 e. The van der Waals surface area contributed by atoms with Crippen molar-refractivity contribution in [3.63, 3.8) is 0 Å². The van der Waals surface area contributed by atoms with Crippen LogP contribution in [0.4, 0.5) is 0 Å². The molecule has 2 aromatic carbocycles. The number of ether oxygens (including phenoxy) is 1. The number of fused-ring (bicyclic) bond motifs is 1. The molecule has 0 radical (unpaired) electrons. The number of nitrogens with zero attached hydrogens (tertiary/aromatic N) is 3. The maximum atomic E-state index is 12.6. The van der Waals surface area contributed by atoms with Crippen molar-refractivity contribution in [1.82, 2.24) is 9.80 Å². The summed E-state index contributed by atoms with van der Waals surface area (Å²) in [5.41, 5.74) is 1.41. The summed E-state index contributed by atoms with van der Waals surface area (Å²) < 4.78 is 33.5. The number of para-hydroxylation sites is 1. The Morgan fingerprint density at radius 2 is 1.74 bits per heavy atom. The summed E-state index contributed by atoms with van der Waals surface area (Å²) in [7, 11) is 1.24. The minimum absolute atomic E-state index is 0.00827. The van der Waals surface area contributed by atoms with E-state index in [4.69, 9.17) is 4.74 Å². The number of likely N-dealkylation sites (N-methyl/N-ethyl adjacent to an activating group) is 2. The van der Waals surface area contributed by atoms with Crippen LogP contribution in [-0.2, 0) is 21.4 Å². The number of sulfonamides is 1. The largest absolute Gasteiger partial charge is 0.496 e. The first-order chi connectivity index (χ1) is 12.8. The molecule has 1 aliphatic rings. The highest BCUT2D eigenvalue weighted by Gasteiger charge is 2.31. The number of amidine groups is 1. The van der Waals surface area contributed by atoms with E-state index in [-0.39, 0.29) is 23.2 Å². The van der Waals surface area contributed by atoms with Gasteiger partial charge in [-0.25, -0.2) is 0 Å². The van der Waals surface area contributed by atoms with Crippen LogP contribution in [0.2, 0.25) is 0 Å². The van der Waals surface area contributed by atoms with Crippen LogP contribution < -0.4 is 4.74 Å². The Morgan fingerprint density at radius 1 is 1.07 bits per heavy atom. The predicted molar refractivity (Wildman–Crippen MR) is 102 cm³/mol. The van der Waals surface area contributed by atoms with Crippen LogP contribution in [0.5, 0.6) is 5.75 Å². The molecule has 0 unspecified atom stereocenters. The van der Waals surface area contributed by atoms with Gasteiger partial charge in [0, 0.05) is 31.8 Å². The number of methoxy groups -OCH3 is 1. The fourth-order valence-corrected chi connectivity index (χ4v) is 4.19. The molecule has 27 heavy (non-hydrogen) atoms. The molecule has 3 rings (SSSR count). The molecule has 0 N–H and O–H groups in total. The summed E-state index contributed by atoms with van der Waals surface area (Å²) in [6.07, 6.45) is 0. The van der Waals surface area contributed by atoms with Crippen molar-refractivity contribution in [2.24, 2.45) is 4.40 Å². The van der Waals surface area contributed by atoms with E-state index in [1.165, 1.54) is 6.07 Å². The molecule has 0 bridgehead atoms. The number of benzene rings is 2. The van der Waals surface area contributed by atoms with Gasteiger partial charge in [0.1, 0.15) is 10.6 Å². The summed E-state index contributed by atoms with van der Waals surface area (Å²) in [5, 5.41) is 0. The fraction of sp³-hybridized carbons (Fsp3) is 0.263. The van der Waals surface area contributed by atoms with E-state index in [0.29, 0.717) is 17.9 Å². The average Bonchev–Trinajstić information content (AvgIpc) is 2.94. The van der Waals surface area contributed by atoms with Crippen LogP contribution >= 0.6 is 0 Å². The Labute approximate surface area is 158 Å². The predicted octanol–water partition coefficient (Wildman–Crippen LogP) is 1.73. The molecule has 1 aliphatic heterocycles. The van der Waals surface area contributed by atoms with Gasteiger partial charge in [-0.15, -0.1) is 4.40 Å². The lowest BCUT2D eigenvalue weighted by Crippen LogP contribution is -2.39. The molecule has 0 saturated heterocycles. The number of carbonyl (C=O) groups excluding carboxylic acids is 1. The molecule has 2 aromatic rings. The fourth-order valence-electron chi connectivity index (χ4n) is 2.94. The Hall–Kier alpha value is -2.87. The van der Waals surface area contributed by atoms with Crippen LogP contribution in [0.1, 0.15) is 11.1 Å². The van der Waals surface area contributed by atoms with E-state index in [2.05, 4.69) is 4.40 Å². The number of amides is 1. The molecule has 1 heterocycles. The third kappa shape index (κ3) is 3.80. The van der Waals surface area contributed by atoms with Crippen molar-refractivity contribution in [2.45, 2.75) is 11.4 Å². The first-order valence-corrected chi connectivity index (χ1v) is 9.79. The number of rotatable bonds is 5. The lowest BCUT2D eigenvalue weighted by atomic mass is 10.2. The van der Waals surface area contributed by atoms with Crippen molar-refractivity contribution in [3.05, 3.63) is 59.7 Å². The van der Waals surface area contributed by atoms with Crippen molar-refractivity contribution < 1.29 is 17.9 Å². The topological polar surface area (TPSA) is 79.3 Å². The summed E-state index contributed by atoms with van der Waals surface area (Å²) in [6.45, 7) is 0.395. The van der Waals surface area contributed by atoms with Gasteiger partial charge in [-0.3, -0.25) is 4.79 Å². The highest BCUT2D eigenvalue weighted by molar-refractivity contribution is 7.90. The quantitative estimate of drug-likeness (QED) is 0.781. The monoisotopic (exact) mass is 387 g/mol. The van der Waals surface area contributed by atoms with Gasteiger partial charge in [-0.05, 0) is 18.2 Å². The third-order valence-corrected chi connectivity index (χ3v) is 5.70. The molecule has 0 aromatic heterocycles. The zero-order valence-electron chi connectivity index (χ0n) is 15.4. The Bertz CT molecular complexity index is 1000. The average molecular weight is 387 g/mol. The highest BCUT2D eigenvalue weighted by Crippen LogP contribution is 2.27. The van der Waals surface area contributed by atoms with Gasteiger partial charge in [0.05, 0.1) is 13.7 Å². The van der Waals surface area contributed by atoms with Gasteiger partial charge in [-0.1, -0.05) is 30.3 Å². The van der Waals surface area contributed by atoms with Crippen molar-refractivity contribution >= 4 is 21.8 Å². The lowest BCUT2D eigenvalue weighted by Gasteiger charge is -2.23. The van der Waals surface area contributed by atoms with Crippen LogP contribution in [0.3, 0.4) is 0 Å². The standard InChI is InChI=1S/C19H21N3O4S/c1-21(12-14-8-4-6-10-16(14)26-3)18(23)13-22(2)19-15-9-5-7-11-17(15)27(24,25)20-19/h4-11H,12-13H2,1-3H3. The van der Waals surface area contributed by atoms with Gasteiger partial charge in [-0.2, -0.15) is 8.42 Å². The van der Waals surface area contributed by atoms with Crippen molar-refractivity contribution in [1.29, 1.82) is 0 Å². The van der Waals surface area contributed by atoms with Crippen LogP contribution in [-0.4, -0.2) is 57.7 Å². The summed E-state index contributed by atoms with van der Waals surface area (Å²) >= 11 is 0. The maximum absolute atomic E-state index is 12.6. The molecule has 0 aliphatic carbocycles. The Kier molecular flexibility index (Phi) is 5.18. The van der Waals surface area contributed by atoms with Gasteiger partial charge >= 0.3 is 0 Å². The molecule has 0 saturated carbocycles. The second-order valence-corrected chi connectivity index (χ2v) is 7.88. The van der Waals surface area contributed by atoms with Gasteiger partial charge < -0.3 is 14.5 Å². The number of hydrogen-bond acceptors (Lipinski definition) is 5. The van der Waals surface area contributed by atoms with Crippen LogP contribution in [0.15, 0.2) is 57.8 Å². The molecule has 0 fully saturated rings. The number of carbonyl (C=O) groups is 1. The minimum Gasteiger partial charge on any atom is -0.496 e. The highest BCUT2D eigenvalue weighted by atomic mass is 32.2. The number of hydrogen-bond donors (Lipinski definition) is 0. The van der Waals surface area contributed by atoms with E-state index in [0.717, 1.165) is 5.56 Å². The van der Waals surface area contributed by atoms with E-state index in [1.807, 2.05) is 24.3 Å². The SMILES string of the molecule is COc1ccccc1CN(C)C(=O)CN(C)C1=NS(=O)(=O)c2ccccc21. The Balaban J connectivity index is 1.73. The second-order valence-electron chi connectivity index (χ2n) is 6.30. The first kappa shape index (κ1) is 18.9. The summed E-state index contributed by atoms with van der Waals surface area (Å²) in [6, 6.07) is 14.1. The zero-order chi connectivity index (χ0) is 19.6. The molecule has 8 heteroatoms. The normalized spacial score (nSPS) is 14.3. The molecular formula is C19H21N3O4S. The molecule has 142 valence electrons. The molecule has 0 atom stereocenters. The zero-order valence-corrected chi connectivity index (χ0v) is 16.2. The summed E-state index contributed by atoms with van der Waals surface area (Å²) in [5.74, 6) is 0.836. The molecule has 1 amide bonds. The van der Waals surface area contributed by atoms with Gasteiger partial charge in [0.25, 0.3) is 10.0 Å². The molecule has 0 spiro atoms. The van der Waals surface area contributed by atoms with E-state index in [1.54, 1.807) is 49.2 Å². The molecular weight excluding hydrogens is 366 g/mol. The Morgan fingerprint density at radius 3 is 2.48 bits per heavy atom. The smallest absolute Gasteiger partial charge is 0.285 e. The van der Waals surface area contributed by atoms with E-state index >= 15 is 0 Å².